The van der Waals surface area contributed by atoms with E-state index in [2.05, 4.69) is 31.4 Å². The predicted molar refractivity (Wildman–Crippen MR) is 95.1 cm³/mol. The monoisotopic (exact) mass is 344 g/mol. The van der Waals surface area contributed by atoms with Gasteiger partial charge in [0, 0.05) is 5.69 Å². The van der Waals surface area contributed by atoms with Gasteiger partial charge >= 0.3 is 11.8 Å². The summed E-state index contributed by atoms with van der Waals surface area (Å²) >= 11 is 0. The highest BCUT2D eigenvalue weighted by Gasteiger charge is 2.28. The van der Waals surface area contributed by atoms with E-state index in [0.29, 0.717) is 11.4 Å². The van der Waals surface area contributed by atoms with E-state index >= 15 is 0 Å². The van der Waals surface area contributed by atoms with Crippen LogP contribution in [0.4, 0.5) is 5.69 Å². The van der Waals surface area contributed by atoms with Gasteiger partial charge in [-0.15, -0.1) is 0 Å². The minimum atomic E-state index is -1.40. The first kappa shape index (κ1) is 18.7. The number of nitrogens with one attached hydrogen (secondary N) is 2. The molecule has 0 saturated heterocycles. The summed E-state index contributed by atoms with van der Waals surface area (Å²) in [6.45, 7) is 7.64. The molecule has 0 spiro atoms. The van der Waals surface area contributed by atoms with Crippen LogP contribution in [-0.4, -0.2) is 23.5 Å². The number of hydrogen-bond acceptors (Lipinski definition) is 4. The molecule has 0 aliphatic heterocycles. The molecular weight excluding hydrogens is 320 g/mol. The van der Waals surface area contributed by atoms with Gasteiger partial charge in [0.15, 0.2) is 0 Å². The van der Waals surface area contributed by atoms with Gasteiger partial charge in [-0.1, -0.05) is 32.9 Å². The molecule has 1 aromatic heterocycles. The maximum Gasteiger partial charge on any atom is 0.313 e. The second-order valence-electron chi connectivity index (χ2n) is 7.22. The summed E-state index contributed by atoms with van der Waals surface area (Å²) in [5.74, 6) is -1.31. The summed E-state index contributed by atoms with van der Waals surface area (Å²) in [5.41, 5.74) is 0.279. The number of anilines is 1. The Balaban J connectivity index is 1.91. The molecule has 0 fully saturated rings. The first-order valence-electron chi connectivity index (χ1n) is 8.06. The third kappa shape index (κ3) is 4.93. The molecule has 2 amide bonds. The summed E-state index contributed by atoms with van der Waals surface area (Å²) in [4.78, 5) is 23.9. The van der Waals surface area contributed by atoms with Crippen LogP contribution in [-0.2, 0) is 20.6 Å². The summed E-state index contributed by atoms with van der Waals surface area (Å²) < 4.78 is 5.12. The van der Waals surface area contributed by atoms with Crippen LogP contribution in [0.5, 0.6) is 0 Å². The normalized spacial score (nSPS) is 13.8. The molecule has 0 saturated carbocycles. The Bertz CT molecular complexity index is 726. The van der Waals surface area contributed by atoms with Gasteiger partial charge in [-0.05, 0) is 42.2 Å². The number of carbonyl (C=O) groups is 2. The standard InChI is InChI=1S/C19H24N2O4/c1-18(2,3)13-7-9-14(10-8-13)21-17(23)16(22)20-12-19(4,24)15-6-5-11-25-15/h5-11,24H,12H2,1-4H3,(H,20,22)(H,21,23). The fourth-order valence-electron chi connectivity index (χ4n) is 2.25. The Hall–Kier alpha value is -2.60. The van der Waals surface area contributed by atoms with Crippen molar-refractivity contribution in [1.82, 2.24) is 5.32 Å². The first-order chi connectivity index (χ1) is 11.6. The molecule has 2 rings (SSSR count). The number of rotatable bonds is 4. The fourth-order valence-corrected chi connectivity index (χ4v) is 2.25. The predicted octanol–water partition coefficient (Wildman–Crippen LogP) is 2.54. The minimum Gasteiger partial charge on any atom is -0.466 e. The Labute approximate surface area is 147 Å². The largest absolute Gasteiger partial charge is 0.466 e. The Morgan fingerprint density at radius 1 is 1.04 bits per heavy atom. The quantitative estimate of drug-likeness (QED) is 0.743. The van der Waals surface area contributed by atoms with Gasteiger partial charge in [0.05, 0.1) is 12.8 Å². The molecule has 6 nitrogen and oxygen atoms in total. The molecule has 0 bridgehead atoms. The van der Waals surface area contributed by atoms with E-state index in [1.807, 2.05) is 12.1 Å². The molecule has 0 radical (unpaired) electrons. The lowest BCUT2D eigenvalue weighted by Crippen LogP contribution is -2.43. The van der Waals surface area contributed by atoms with Gasteiger partial charge in [0.1, 0.15) is 11.4 Å². The van der Waals surface area contributed by atoms with Crippen LogP contribution in [0.1, 0.15) is 39.0 Å². The number of carbonyl (C=O) groups excluding carboxylic acids is 2. The van der Waals surface area contributed by atoms with Gasteiger partial charge in [-0.3, -0.25) is 9.59 Å². The molecule has 3 N–H and O–H groups in total. The van der Waals surface area contributed by atoms with Crippen LogP contribution in [0.3, 0.4) is 0 Å². The third-order valence-electron chi connectivity index (χ3n) is 3.86. The van der Waals surface area contributed by atoms with E-state index in [0.717, 1.165) is 5.56 Å². The fraction of sp³-hybridized carbons (Fsp3) is 0.368. The zero-order valence-corrected chi connectivity index (χ0v) is 14.9. The second-order valence-corrected chi connectivity index (χ2v) is 7.22. The van der Waals surface area contributed by atoms with Crippen LogP contribution in [0.2, 0.25) is 0 Å². The van der Waals surface area contributed by atoms with Crippen LogP contribution in [0.15, 0.2) is 47.1 Å². The smallest absolute Gasteiger partial charge is 0.313 e. The maximum atomic E-state index is 12.0. The molecule has 1 aromatic carbocycles. The SMILES string of the molecule is CC(C)(C)c1ccc(NC(=O)C(=O)NCC(C)(O)c2ccco2)cc1. The van der Waals surface area contributed by atoms with E-state index in [1.54, 1.807) is 24.3 Å². The number of furan rings is 1. The highest BCUT2D eigenvalue weighted by molar-refractivity contribution is 6.39. The van der Waals surface area contributed by atoms with E-state index < -0.39 is 17.4 Å². The number of amides is 2. The molecule has 134 valence electrons. The molecule has 6 heteroatoms. The minimum absolute atomic E-state index is 0.0113. The molecule has 0 aliphatic carbocycles. The van der Waals surface area contributed by atoms with Gasteiger partial charge in [0.25, 0.3) is 0 Å². The molecular formula is C19H24N2O4. The van der Waals surface area contributed by atoms with Gasteiger partial charge in [-0.2, -0.15) is 0 Å². The first-order valence-corrected chi connectivity index (χ1v) is 8.06. The average Bonchev–Trinajstić information content (AvgIpc) is 3.07. The number of benzene rings is 1. The third-order valence-corrected chi connectivity index (χ3v) is 3.86. The molecule has 2 aromatic rings. The van der Waals surface area contributed by atoms with Gasteiger partial charge < -0.3 is 20.2 Å². The van der Waals surface area contributed by atoms with E-state index in [-0.39, 0.29) is 12.0 Å². The second kappa shape index (κ2) is 7.11. The van der Waals surface area contributed by atoms with Crippen molar-refractivity contribution in [3.63, 3.8) is 0 Å². The molecule has 1 unspecified atom stereocenters. The molecule has 0 aliphatic rings. The highest BCUT2D eigenvalue weighted by atomic mass is 16.4. The van der Waals surface area contributed by atoms with Gasteiger partial charge in [-0.25, -0.2) is 0 Å². The van der Waals surface area contributed by atoms with Crippen molar-refractivity contribution in [2.45, 2.75) is 38.7 Å². The van der Waals surface area contributed by atoms with Crippen molar-refractivity contribution < 1.29 is 19.1 Å². The lowest BCUT2D eigenvalue weighted by atomic mass is 9.87. The topological polar surface area (TPSA) is 91.6 Å². The lowest BCUT2D eigenvalue weighted by Gasteiger charge is -2.21. The molecule has 25 heavy (non-hydrogen) atoms. The summed E-state index contributed by atoms with van der Waals surface area (Å²) in [5, 5.41) is 15.2. The van der Waals surface area contributed by atoms with E-state index in [4.69, 9.17) is 4.42 Å². The van der Waals surface area contributed by atoms with Crippen LogP contribution < -0.4 is 10.6 Å². The zero-order chi connectivity index (χ0) is 18.7. The van der Waals surface area contributed by atoms with Crippen molar-refractivity contribution in [1.29, 1.82) is 0 Å². The van der Waals surface area contributed by atoms with Crippen LogP contribution >= 0.6 is 0 Å². The average molecular weight is 344 g/mol. The number of hydrogen-bond donors (Lipinski definition) is 3. The Morgan fingerprint density at radius 2 is 1.68 bits per heavy atom. The van der Waals surface area contributed by atoms with Crippen LogP contribution in [0.25, 0.3) is 0 Å². The lowest BCUT2D eigenvalue weighted by molar-refractivity contribution is -0.136. The highest BCUT2D eigenvalue weighted by Crippen LogP contribution is 2.23. The summed E-state index contributed by atoms with van der Waals surface area (Å²) in [6.07, 6.45) is 1.43. The van der Waals surface area contributed by atoms with Gasteiger partial charge in [0.2, 0.25) is 0 Å². The molecule has 1 heterocycles. The Morgan fingerprint density at radius 3 is 2.20 bits per heavy atom. The zero-order valence-electron chi connectivity index (χ0n) is 14.9. The summed E-state index contributed by atoms with van der Waals surface area (Å²) in [7, 11) is 0. The number of aliphatic hydroxyl groups is 1. The summed E-state index contributed by atoms with van der Waals surface area (Å²) in [6, 6.07) is 10.6. The van der Waals surface area contributed by atoms with Crippen molar-refractivity contribution in [3.8, 4) is 0 Å². The van der Waals surface area contributed by atoms with Crippen molar-refractivity contribution in [2.24, 2.45) is 0 Å². The van der Waals surface area contributed by atoms with Crippen molar-refractivity contribution in [3.05, 3.63) is 54.0 Å². The molecule has 1 atom stereocenters. The van der Waals surface area contributed by atoms with Crippen LogP contribution in [0, 0.1) is 0 Å². The van der Waals surface area contributed by atoms with Crippen molar-refractivity contribution >= 4 is 17.5 Å². The maximum absolute atomic E-state index is 12.0. The van der Waals surface area contributed by atoms with E-state index in [1.165, 1.54) is 13.2 Å². The van der Waals surface area contributed by atoms with Crippen molar-refractivity contribution in [2.75, 3.05) is 11.9 Å². The van der Waals surface area contributed by atoms with E-state index in [9.17, 15) is 14.7 Å². The Kier molecular flexibility index (Phi) is 5.33.